The first-order chi connectivity index (χ1) is 11.9. The number of pyridine rings is 1. The molecule has 0 radical (unpaired) electrons. The molecule has 0 spiro atoms. The lowest BCUT2D eigenvalue weighted by Gasteiger charge is -2.14. The maximum absolute atomic E-state index is 5.91. The number of benzene rings is 1. The Morgan fingerprint density at radius 1 is 1.00 bits per heavy atom. The summed E-state index contributed by atoms with van der Waals surface area (Å²) in [5.41, 5.74) is 2.49. The second kappa shape index (κ2) is 6.93. The van der Waals surface area contributed by atoms with E-state index in [9.17, 15) is 0 Å². The normalized spacial score (nSPS) is 18.1. The number of hydrogen-bond donors (Lipinski definition) is 0. The average Bonchev–Trinajstić information content (AvgIpc) is 3.26. The molecule has 2 aromatic heterocycles. The Kier molecular flexibility index (Phi) is 4.34. The summed E-state index contributed by atoms with van der Waals surface area (Å²) in [6, 6.07) is 14.4. The van der Waals surface area contributed by atoms with E-state index in [-0.39, 0.29) is 0 Å². The van der Waals surface area contributed by atoms with Crippen LogP contribution in [-0.2, 0) is 13.0 Å². The van der Waals surface area contributed by atoms with Crippen LogP contribution in [0.4, 0.5) is 0 Å². The van der Waals surface area contributed by atoms with Gasteiger partial charge < -0.3 is 4.42 Å². The van der Waals surface area contributed by atoms with Crippen molar-refractivity contribution in [2.24, 2.45) is 0 Å². The van der Waals surface area contributed by atoms with Crippen molar-refractivity contribution in [3.63, 3.8) is 0 Å². The van der Waals surface area contributed by atoms with Gasteiger partial charge in [0.05, 0.1) is 12.3 Å². The van der Waals surface area contributed by atoms with Gasteiger partial charge in [-0.3, -0.25) is 9.88 Å². The van der Waals surface area contributed by atoms with Crippen molar-refractivity contribution in [2.45, 2.75) is 25.3 Å². The van der Waals surface area contributed by atoms with E-state index in [1.807, 2.05) is 30.6 Å². The van der Waals surface area contributed by atoms with Crippen molar-refractivity contribution in [3.05, 3.63) is 77.8 Å². The van der Waals surface area contributed by atoms with Crippen LogP contribution in [0.1, 0.15) is 35.2 Å². The van der Waals surface area contributed by atoms with Gasteiger partial charge in [-0.2, -0.15) is 0 Å². The third kappa shape index (κ3) is 3.51. The summed E-state index contributed by atoms with van der Waals surface area (Å²) in [7, 11) is 0. The lowest BCUT2D eigenvalue weighted by molar-refractivity contribution is 0.318. The summed E-state index contributed by atoms with van der Waals surface area (Å²) in [5.74, 6) is 1.81. The molecule has 3 aromatic rings. The van der Waals surface area contributed by atoms with E-state index in [0.29, 0.717) is 18.2 Å². The zero-order valence-electron chi connectivity index (χ0n) is 13.5. The van der Waals surface area contributed by atoms with Crippen molar-refractivity contribution in [1.82, 2.24) is 20.1 Å². The highest BCUT2D eigenvalue weighted by Gasteiger charge is 2.28. The minimum absolute atomic E-state index is 0.337. The molecule has 1 fully saturated rings. The molecule has 1 aromatic carbocycles. The van der Waals surface area contributed by atoms with Crippen molar-refractivity contribution < 1.29 is 4.42 Å². The number of likely N-dealkylation sites (tertiary alicyclic amines) is 1. The largest absolute Gasteiger partial charge is 0.425 e. The molecule has 0 N–H and O–H groups in total. The molecule has 5 nitrogen and oxygen atoms in total. The average molecular weight is 320 g/mol. The van der Waals surface area contributed by atoms with Gasteiger partial charge in [0.25, 0.3) is 0 Å². The maximum atomic E-state index is 5.91. The highest BCUT2D eigenvalue weighted by atomic mass is 16.4. The molecule has 1 aliphatic rings. The number of aromatic nitrogens is 3. The predicted octanol–water partition coefficient (Wildman–Crippen LogP) is 3.04. The van der Waals surface area contributed by atoms with Crippen molar-refractivity contribution in [3.8, 4) is 0 Å². The van der Waals surface area contributed by atoms with Crippen molar-refractivity contribution in [2.75, 3.05) is 13.1 Å². The summed E-state index contributed by atoms with van der Waals surface area (Å²) in [6.07, 6.45) is 5.45. The van der Waals surface area contributed by atoms with E-state index in [1.165, 1.54) is 11.1 Å². The van der Waals surface area contributed by atoms with Crippen LogP contribution in [0.5, 0.6) is 0 Å². The molecule has 1 saturated heterocycles. The van der Waals surface area contributed by atoms with Gasteiger partial charge >= 0.3 is 0 Å². The van der Waals surface area contributed by atoms with E-state index in [1.54, 1.807) is 0 Å². The van der Waals surface area contributed by atoms with E-state index in [0.717, 1.165) is 31.9 Å². The van der Waals surface area contributed by atoms with E-state index in [4.69, 9.17) is 4.42 Å². The van der Waals surface area contributed by atoms with E-state index < -0.39 is 0 Å². The quantitative estimate of drug-likeness (QED) is 0.723. The highest BCUT2D eigenvalue weighted by molar-refractivity contribution is 5.18. The Morgan fingerprint density at radius 3 is 2.67 bits per heavy atom. The number of nitrogens with zero attached hydrogens (tertiary/aromatic N) is 4. The maximum Gasteiger partial charge on any atom is 0.220 e. The molecule has 1 unspecified atom stereocenters. The van der Waals surface area contributed by atoms with Crippen LogP contribution in [0.15, 0.2) is 59.3 Å². The van der Waals surface area contributed by atoms with Gasteiger partial charge in [0.1, 0.15) is 0 Å². The van der Waals surface area contributed by atoms with Crippen LogP contribution in [0.2, 0.25) is 0 Å². The first-order valence-corrected chi connectivity index (χ1v) is 8.34. The smallest absolute Gasteiger partial charge is 0.220 e. The minimum Gasteiger partial charge on any atom is -0.425 e. The summed E-state index contributed by atoms with van der Waals surface area (Å²) in [4.78, 5) is 6.50. The first kappa shape index (κ1) is 15.0. The standard InChI is InChI=1S/C19H20N4O/c1-2-4-15(5-3-1)12-18-21-22-19(24-18)17-8-11-23(14-17)13-16-6-9-20-10-7-16/h1-7,9-10,17H,8,11-14H2. The second-order valence-corrected chi connectivity index (χ2v) is 6.27. The van der Waals surface area contributed by atoms with Gasteiger partial charge in [-0.15, -0.1) is 10.2 Å². The lowest BCUT2D eigenvalue weighted by Crippen LogP contribution is -2.19. The molecule has 0 saturated carbocycles. The van der Waals surface area contributed by atoms with Gasteiger partial charge in [0.15, 0.2) is 0 Å². The van der Waals surface area contributed by atoms with Crippen molar-refractivity contribution >= 4 is 0 Å². The summed E-state index contributed by atoms with van der Waals surface area (Å²) >= 11 is 0. The summed E-state index contributed by atoms with van der Waals surface area (Å²) < 4.78 is 5.91. The molecular weight excluding hydrogens is 300 g/mol. The Bertz CT molecular complexity index is 772. The fraction of sp³-hybridized carbons (Fsp3) is 0.316. The zero-order valence-corrected chi connectivity index (χ0v) is 13.5. The van der Waals surface area contributed by atoms with Gasteiger partial charge in [-0.05, 0) is 36.2 Å². The fourth-order valence-electron chi connectivity index (χ4n) is 3.20. The third-order valence-corrected chi connectivity index (χ3v) is 4.46. The van der Waals surface area contributed by atoms with E-state index in [2.05, 4.69) is 44.3 Å². The third-order valence-electron chi connectivity index (χ3n) is 4.46. The van der Waals surface area contributed by atoms with Crippen LogP contribution in [0, 0.1) is 0 Å². The minimum atomic E-state index is 0.337. The molecule has 4 rings (SSSR count). The van der Waals surface area contributed by atoms with Crippen LogP contribution in [-0.4, -0.2) is 33.2 Å². The van der Waals surface area contributed by atoms with Crippen molar-refractivity contribution in [1.29, 1.82) is 0 Å². The van der Waals surface area contributed by atoms with Crippen LogP contribution < -0.4 is 0 Å². The van der Waals surface area contributed by atoms with E-state index >= 15 is 0 Å². The highest BCUT2D eigenvalue weighted by Crippen LogP contribution is 2.27. The summed E-state index contributed by atoms with van der Waals surface area (Å²) in [5, 5.41) is 8.50. The molecule has 1 aliphatic heterocycles. The Balaban J connectivity index is 1.37. The Hall–Kier alpha value is -2.53. The fourth-order valence-corrected chi connectivity index (χ4v) is 3.20. The molecule has 0 aliphatic carbocycles. The summed E-state index contributed by atoms with van der Waals surface area (Å²) in [6.45, 7) is 2.97. The molecule has 24 heavy (non-hydrogen) atoms. The molecule has 3 heterocycles. The molecular formula is C19H20N4O. The second-order valence-electron chi connectivity index (χ2n) is 6.27. The topological polar surface area (TPSA) is 55.1 Å². The van der Waals surface area contributed by atoms with Crippen LogP contribution >= 0.6 is 0 Å². The number of rotatable bonds is 5. The van der Waals surface area contributed by atoms with Crippen LogP contribution in [0.25, 0.3) is 0 Å². The SMILES string of the molecule is c1ccc(Cc2nnc(C3CCN(Cc4ccncc4)C3)o2)cc1. The molecule has 1 atom stereocenters. The monoisotopic (exact) mass is 320 g/mol. The van der Waals surface area contributed by atoms with Gasteiger partial charge in [0.2, 0.25) is 11.8 Å². The Morgan fingerprint density at radius 2 is 1.83 bits per heavy atom. The zero-order chi connectivity index (χ0) is 16.2. The predicted molar refractivity (Wildman–Crippen MR) is 90.4 cm³/mol. The number of hydrogen-bond acceptors (Lipinski definition) is 5. The van der Waals surface area contributed by atoms with Gasteiger partial charge in [-0.25, -0.2) is 0 Å². The molecule has 0 bridgehead atoms. The Labute approximate surface area is 141 Å². The molecule has 122 valence electrons. The molecule has 0 amide bonds. The lowest BCUT2D eigenvalue weighted by atomic mass is 10.1. The van der Waals surface area contributed by atoms with Gasteiger partial charge in [0, 0.05) is 25.5 Å². The van der Waals surface area contributed by atoms with Crippen LogP contribution in [0.3, 0.4) is 0 Å². The molecule has 5 heteroatoms. The first-order valence-electron chi connectivity index (χ1n) is 8.34. The van der Waals surface area contributed by atoms with Gasteiger partial charge in [-0.1, -0.05) is 30.3 Å².